The first-order valence-electron chi connectivity index (χ1n) is 12.3. The third kappa shape index (κ3) is 4.49. The molecule has 2 aliphatic rings. The van der Waals surface area contributed by atoms with Gasteiger partial charge in [0, 0.05) is 54.9 Å². The van der Waals surface area contributed by atoms with Crippen LogP contribution in [0.25, 0.3) is 21.6 Å². The number of nitrogens with one attached hydrogen (secondary N) is 2. The molecule has 5 rings (SSSR count). The highest BCUT2D eigenvalue weighted by Crippen LogP contribution is 2.44. The molecule has 0 saturated carbocycles. The molecule has 1 heterocycles. The Bertz CT molecular complexity index is 1300. The number of nitrogens with zero attached hydrogens (tertiary/aromatic N) is 4. The van der Waals surface area contributed by atoms with Crippen molar-refractivity contribution in [2.45, 2.75) is 26.3 Å². The molecule has 8 heteroatoms. The van der Waals surface area contributed by atoms with Crippen molar-refractivity contribution in [1.82, 2.24) is 10.6 Å². The zero-order valence-corrected chi connectivity index (χ0v) is 20.6. The van der Waals surface area contributed by atoms with Crippen molar-refractivity contribution < 1.29 is 9.53 Å². The molecule has 1 fully saturated rings. The summed E-state index contributed by atoms with van der Waals surface area (Å²) >= 11 is 0. The van der Waals surface area contributed by atoms with E-state index in [-0.39, 0.29) is 19.1 Å². The second-order valence-electron chi connectivity index (χ2n) is 9.26. The van der Waals surface area contributed by atoms with E-state index in [1.807, 2.05) is 37.3 Å². The first-order valence-corrected chi connectivity index (χ1v) is 12.3. The maximum absolute atomic E-state index is 12.7. The van der Waals surface area contributed by atoms with E-state index in [1.165, 1.54) is 22.3 Å². The molecule has 0 spiro atoms. The molecule has 0 bridgehead atoms. The van der Waals surface area contributed by atoms with Gasteiger partial charge in [0.05, 0.1) is 0 Å². The monoisotopic (exact) mass is 482 g/mol. The Morgan fingerprint density at radius 1 is 1.08 bits per heavy atom. The number of carbonyl (C=O) groups excluding carboxylic acids is 1. The number of hydrogen-bond donors (Lipinski definition) is 2. The minimum atomic E-state index is -0.467. The van der Waals surface area contributed by atoms with E-state index in [0.717, 1.165) is 48.6 Å². The number of fused-ring (bicyclic) bond motifs is 3. The first-order chi connectivity index (χ1) is 17.6. The summed E-state index contributed by atoms with van der Waals surface area (Å²) in [5.41, 5.74) is 18.4. The number of ether oxygens (including phenoxy) is 1. The summed E-state index contributed by atoms with van der Waals surface area (Å²) in [6.45, 7) is 8.14. The number of alkyl carbamates (subject to hydrolysis) is 1. The Hall–Kier alpha value is -4.00. The van der Waals surface area contributed by atoms with Crippen molar-refractivity contribution in [1.29, 1.82) is 0 Å². The van der Waals surface area contributed by atoms with Gasteiger partial charge in [0.1, 0.15) is 6.61 Å². The Labute approximate surface area is 210 Å². The van der Waals surface area contributed by atoms with Gasteiger partial charge in [-0.05, 0) is 64.4 Å². The number of carbonyl (C=O) groups is 1. The van der Waals surface area contributed by atoms with E-state index >= 15 is 0 Å². The molecule has 1 amide bonds. The van der Waals surface area contributed by atoms with Crippen molar-refractivity contribution in [3.8, 4) is 11.1 Å². The van der Waals surface area contributed by atoms with Crippen LogP contribution in [0.4, 0.5) is 16.2 Å². The molecule has 2 N–H and O–H groups in total. The topological polar surface area (TPSA) is 102 Å². The summed E-state index contributed by atoms with van der Waals surface area (Å²) in [5, 5.41) is 10.2. The molecule has 3 aromatic carbocycles. The van der Waals surface area contributed by atoms with Gasteiger partial charge >= 0.3 is 6.09 Å². The number of piperazine rings is 1. The Morgan fingerprint density at radius 3 is 2.36 bits per heavy atom. The van der Waals surface area contributed by atoms with Crippen LogP contribution in [-0.4, -0.2) is 38.9 Å². The summed E-state index contributed by atoms with van der Waals surface area (Å²) in [7, 11) is 0. The average Bonchev–Trinajstić information content (AvgIpc) is 3.23. The SMILES string of the molecule is Cc1c(CNC(=O)OCC2c3ccccc3-c3ccccc32)cc(N=[N+]=[N-])c(C)c1N1CCNCC1. The van der Waals surface area contributed by atoms with Crippen LogP contribution in [0.3, 0.4) is 0 Å². The average molecular weight is 483 g/mol. The molecule has 1 aliphatic heterocycles. The maximum atomic E-state index is 12.7. The maximum Gasteiger partial charge on any atom is 0.407 e. The first kappa shape index (κ1) is 23.7. The lowest BCUT2D eigenvalue weighted by Gasteiger charge is -2.33. The van der Waals surface area contributed by atoms with Gasteiger partial charge in [-0.1, -0.05) is 53.6 Å². The van der Waals surface area contributed by atoms with Crippen molar-refractivity contribution in [2.75, 3.05) is 37.7 Å². The fourth-order valence-electron chi connectivity index (χ4n) is 5.45. The lowest BCUT2D eigenvalue weighted by atomic mass is 9.98. The van der Waals surface area contributed by atoms with Gasteiger partial charge in [-0.15, -0.1) is 0 Å². The van der Waals surface area contributed by atoms with Crippen LogP contribution < -0.4 is 15.5 Å². The molecule has 3 aromatic rings. The lowest BCUT2D eigenvalue weighted by molar-refractivity contribution is 0.142. The second kappa shape index (κ2) is 10.3. The smallest absolute Gasteiger partial charge is 0.407 e. The van der Waals surface area contributed by atoms with Crippen molar-refractivity contribution in [2.24, 2.45) is 5.11 Å². The highest BCUT2D eigenvalue weighted by molar-refractivity contribution is 5.79. The predicted octanol–water partition coefficient (Wildman–Crippen LogP) is 5.69. The Balaban J connectivity index is 1.30. The molecule has 8 nitrogen and oxygen atoms in total. The number of benzene rings is 3. The minimum Gasteiger partial charge on any atom is -0.449 e. The molecule has 0 aromatic heterocycles. The molecule has 1 aliphatic carbocycles. The van der Waals surface area contributed by atoms with E-state index in [2.05, 4.69) is 56.7 Å². The number of rotatable bonds is 6. The van der Waals surface area contributed by atoms with Gasteiger partial charge in [0.15, 0.2) is 0 Å². The summed E-state index contributed by atoms with van der Waals surface area (Å²) in [6.07, 6.45) is -0.467. The third-order valence-corrected chi connectivity index (χ3v) is 7.24. The minimum absolute atomic E-state index is 0.0140. The van der Waals surface area contributed by atoms with Crippen LogP contribution in [-0.2, 0) is 11.3 Å². The summed E-state index contributed by atoms with van der Waals surface area (Å²) in [5.74, 6) is 0.0140. The van der Waals surface area contributed by atoms with Crippen LogP contribution >= 0.6 is 0 Å². The van der Waals surface area contributed by atoms with E-state index in [4.69, 9.17) is 10.3 Å². The molecule has 184 valence electrons. The fraction of sp³-hybridized carbons (Fsp3) is 0.321. The zero-order valence-electron chi connectivity index (χ0n) is 20.6. The highest BCUT2D eigenvalue weighted by atomic mass is 16.5. The van der Waals surface area contributed by atoms with Crippen LogP contribution in [0.5, 0.6) is 0 Å². The fourth-order valence-corrected chi connectivity index (χ4v) is 5.45. The number of azide groups is 1. The normalized spacial score (nSPS) is 14.6. The van der Waals surface area contributed by atoms with Gasteiger partial charge < -0.3 is 20.3 Å². The van der Waals surface area contributed by atoms with E-state index < -0.39 is 6.09 Å². The zero-order chi connectivity index (χ0) is 25.1. The molecule has 0 atom stereocenters. The molecule has 1 saturated heterocycles. The van der Waals surface area contributed by atoms with Crippen LogP contribution in [0.1, 0.15) is 33.7 Å². The molecular weight excluding hydrogens is 452 g/mol. The van der Waals surface area contributed by atoms with Gasteiger partial charge in [-0.2, -0.15) is 0 Å². The third-order valence-electron chi connectivity index (χ3n) is 7.24. The second-order valence-corrected chi connectivity index (χ2v) is 9.26. The van der Waals surface area contributed by atoms with E-state index in [9.17, 15) is 4.79 Å². The number of hydrogen-bond acceptors (Lipinski definition) is 5. The van der Waals surface area contributed by atoms with E-state index in [0.29, 0.717) is 5.69 Å². The Kier molecular flexibility index (Phi) is 6.80. The number of amides is 1. The standard InChI is InChI=1S/C28H30N6O2/c1-18-20(15-26(32-33-29)19(2)27(18)34-13-11-30-12-14-34)16-31-28(35)36-17-25-23-9-5-3-7-21(23)22-8-4-6-10-24(22)25/h3-10,15,25,30H,11-14,16-17H2,1-2H3,(H,31,35). The Morgan fingerprint density at radius 2 is 1.72 bits per heavy atom. The van der Waals surface area contributed by atoms with Crippen LogP contribution in [0.15, 0.2) is 59.7 Å². The van der Waals surface area contributed by atoms with Crippen molar-refractivity contribution in [3.63, 3.8) is 0 Å². The molecule has 36 heavy (non-hydrogen) atoms. The van der Waals surface area contributed by atoms with Crippen LogP contribution in [0, 0.1) is 13.8 Å². The van der Waals surface area contributed by atoms with Gasteiger partial charge in [-0.3, -0.25) is 0 Å². The summed E-state index contributed by atoms with van der Waals surface area (Å²) in [4.78, 5) is 18.1. The predicted molar refractivity (Wildman–Crippen MR) is 142 cm³/mol. The van der Waals surface area contributed by atoms with Gasteiger partial charge in [0.2, 0.25) is 0 Å². The molecule has 0 unspecified atom stereocenters. The summed E-state index contributed by atoms with van der Waals surface area (Å²) < 4.78 is 5.70. The quantitative estimate of drug-likeness (QED) is 0.267. The van der Waals surface area contributed by atoms with Crippen molar-refractivity contribution >= 4 is 17.5 Å². The largest absolute Gasteiger partial charge is 0.449 e. The molecule has 0 radical (unpaired) electrons. The summed E-state index contributed by atoms with van der Waals surface area (Å²) in [6, 6.07) is 18.4. The molecular formula is C28H30N6O2. The lowest BCUT2D eigenvalue weighted by Crippen LogP contribution is -2.44. The van der Waals surface area contributed by atoms with Crippen molar-refractivity contribution in [3.05, 3.63) is 92.9 Å². The van der Waals surface area contributed by atoms with E-state index in [1.54, 1.807) is 0 Å². The highest BCUT2D eigenvalue weighted by Gasteiger charge is 2.29. The number of anilines is 1. The van der Waals surface area contributed by atoms with Crippen LogP contribution in [0.2, 0.25) is 0 Å². The van der Waals surface area contributed by atoms with Gasteiger partial charge in [0.25, 0.3) is 0 Å². The van der Waals surface area contributed by atoms with Gasteiger partial charge in [-0.25, -0.2) is 4.79 Å².